The molecule has 108 valence electrons. The van der Waals surface area contributed by atoms with Crippen LogP contribution < -0.4 is 10.6 Å². The van der Waals surface area contributed by atoms with Gasteiger partial charge in [-0.05, 0) is 18.2 Å². The molecule has 0 amide bonds. The van der Waals surface area contributed by atoms with Crippen molar-refractivity contribution in [1.29, 1.82) is 0 Å². The van der Waals surface area contributed by atoms with E-state index in [9.17, 15) is 8.42 Å². The van der Waals surface area contributed by atoms with Gasteiger partial charge in [0, 0.05) is 38.7 Å². The second kappa shape index (κ2) is 5.16. The van der Waals surface area contributed by atoms with Gasteiger partial charge in [-0.3, -0.25) is 4.68 Å². The zero-order chi connectivity index (χ0) is 14.9. The highest BCUT2D eigenvalue weighted by Crippen LogP contribution is 2.26. The molecule has 0 fully saturated rings. The minimum Gasteiger partial charge on any atom is -0.397 e. The Hall–Kier alpha value is -2.02. The Morgan fingerprint density at radius 3 is 2.60 bits per heavy atom. The molecule has 0 atom stereocenters. The first-order chi connectivity index (χ1) is 9.27. The van der Waals surface area contributed by atoms with Crippen molar-refractivity contribution in [3.05, 3.63) is 36.2 Å². The molecule has 0 saturated heterocycles. The summed E-state index contributed by atoms with van der Waals surface area (Å²) < 4.78 is 24.7. The standard InChI is InChI=1S/C13H18N4O2S/c1-16(8-10-7-15-17(2)9-10)13-5-4-11(6-12(13)14)20(3,18)19/h4-7,9H,8,14H2,1-3H3. The van der Waals surface area contributed by atoms with E-state index in [1.165, 1.54) is 12.3 Å². The number of anilines is 2. The van der Waals surface area contributed by atoms with Crippen molar-refractivity contribution in [2.45, 2.75) is 11.4 Å². The highest BCUT2D eigenvalue weighted by molar-refractivity contribution is 7.90. The van der Waals surface area contributed by atoms with E-state index in [0.717, 1.165) is 11.3 Å². The topological polar surface area (TPSA) is 81.2 Å². The number of nitrogens with two attached hydrogens (primary N) is 1. The second-order valence-electron chi connectivity index (χ2n) is 4.87. The number of aryl methyl sites for hydroxylation is 1. The number of rotatable bonds is 4. The molecule has 0 saturated carbocycles. The van der Waals surface area contributed by atoms with Crippen LogP contribution in [0.3, 0.4) is 0 Å². The lowest BCUT2D eigenvalue weighted by Gasteiger charge is -2.20. The first-order valence-corrected chi connectivity index (χ1v) is 7.95. The van der Waals surface area contributed by atoms with Crippen LogP contribution in [0.2, 0.25) is 0 Å². The first kappa shape index (κ1) is 14.4. The maximum absolute atomic E-state index is 11.5. The monoisotopic (exact) mass is 294 g/mol. The Bertz CT molecular complexity index is 722. The second-order valence-corrected chi connectivity index (χ2v) is 6.89. The van der Waals surface area contributed by atoms with Crippen LogP contribution in [0.5, 0.6) is 0 Å². The van der Waals surface area contributed by atoms with E-state index >= 15 is 0 Å². The van der Waals surface area contributed by atoms with Crippen LogP contribution in [0.15, 0.2) is 35.5 Å². The summed E-state index contributed by atoms with van der Waals surface area (Å²) in [6, 6.07) is 4.78. The molecule has 7 heteroatoms. The lowest BCUT2D eigenvalue weighted by Crippen LogP contribution is -2.17. The van der Waals surface area contributed by atoms with Crippen LogP contribution in [0.1, 0.15) is 5.56 Å². The summed E-state index contributed by atoms with van der Waals surface area (Å²) in [6.45, 7) is 0.649. The van der Waals surface area contributed by atoms with Crippen molar-refractivity contribution in [2.24, 2.45) is 7.05 Å². The molecule has 0 radical (unpaired) electrons. The SMILES string of the molecule is CN(Cc1cnn(C)c1)c1ccc(S(C)(=O)=O)cc1N. The summed E-state index contributed by atoms with van der Waals surface area (Å²) in [5, 5.41) is 4.11. The van der Waals surface area contributed by atoms with Crippen LogP contribution in [-0.2, 0) is 23.4 Å². The average molecular weight is 294 g/mol. The summed E-state index contributed by atoms with van der Waals surface area (Å²) in [6.07, 6.45) is 4.88. The van der Waals surface area contributed by atoms with Gasteiger partial charge in [0.1, 0.15) is 0 Å². The van der Waals surface area contributed by atoms with Gasteiger partial charge in [0.2, 0.25) is 0 Å². The molecule has 2 N–H and O–H groups in total. The Kier molecular flexibility index (Phi) is 3.71. The number of benzene rings is 1. The van der Waals surface area contributed by atoms with Gasteiger partial charge in [-0.15, -0.1) is 0 Å². The van der Waals surface area contributed by atoms with E-state index in [4.69, 9.17) is 5.73 Å². The van der Waals surface area contributed by atoms with Crippen molar-refractivity contribution in [1.82, 2.24) is 9.78 Å². The van der Waals surface area contributed by atoms with Crippen LogP contribution in [0, 0.1) is 0 Å². The molecule has 0 aliphatic rings. The number of nitrogen functional groups attached to an aromatic ring is 1. The number of aromatic nitrogens is 2. The van der Waals surface area contributed by atoms with E-state index in [0.29, 0.717) is 12.2 Å². The maximum atomic E-state index is 11.5. The molecule has 0 aliphatic heterocycles. The number of nitrogens with zero attached hydrogens (tertiary/aromatic N) is 3. The normalized spacial score (nSPS) is 11.6. The first-order valence-electron chi connectivity index (χ1n) is 6.05. The third-order valence-corrected chi connectivity index (χ3v) is 4.13. The predicted molar refractivity (Wildman–Crippen MR) is 79.3 cm³/mol. The largest absolute Gasteiger partial charge is 0.397 e. The van der Waals surface area contributed by atoms with Gasteiger partial charge in [-0.2, -0.15) is 5.10 Å². The highest BCUT2D eigenvalue weighted by atomic mass is 32.2. The summed E-state index contributed by atoms with van der Waals surface area (Å²) >= 11 is 0. The fraction of sp³-hybridized carbons (Fsp3) is 0.308. The molecular formula is C13H18N4O2S. The molecular weight excluding hydrogens is 276 g/mol. The number of hydrogen-bond acceptors (Lipinski definition) is 5. The van der Waals surface area contributed by atoms with E-state index < -0.39 is 9.84 Å². The number of sulfone groups is 1. The summed E-state index contributed by atoms with van der Waals surface area (Å²) in [5.74, 6) is 0. The zero-order valence-electron chi connectivity index (χ0n) is 11.7. The molecule has 1 heterocycles. The van der Waals surface area contributed by atoms with E-state index in [1.807, 2.05) is 25.2 Å². The minimum absolute atomic E-state index is 0.230. The van der Waals surface area contributed by atoms with E-state index in [2.05, 4.69) is 5.10 Å². The fourth-order valence-electron chi connectivity index (χ4n) is 2.02. The van der Waals surface area contributed by atoms with Crippen LogP contribution >= 0.6 is 0 Å². The molecule has 1 aromatic heterocycles. The van der Waals surface area contributed by atoms with Crippen molar-refractivity contribution in [3.63, 3.8) is 0 Å². The van der Waals surface area contributed by atoms with Gasteiger partial charge in [0.15, 0.2) is 9.84 Å². The molecule has 0 bridgehead atoms. The molecule has 0 unspecified atom stereocenters. The van der Waals surface area contributed by atoms with Gasteiger partial charge in [0.25, 0.3) is 0 Å². The Balaban J connectivity index is 2.24. The minimum atomic E-state index is -3.24. The van der Waals surface area contributed by atoms with Crippen molar-refractivity contribution in [2.75, 3.05) is 23.9 Å². The summed E-state index contributed by atoms with van der Waals surface area (Å²) in [5.41, 5.74) is 8.24. The average Bonchev–Trinajstić information content (AvgIpc) is 2.73. The van der Waals surface area contributed by atoms with Gasteiger partial charge >= 0.3 is 0 Å². The number of hydrogen-bond donors (Lipinski definition) is 1. The lowest BCUT2D eigenvalue weighted by atomic mass is 10.2. The Labute approximate surface area is 118 Å². The van der Waals surface area contributed by atoms with Gasteiger partial charge in [-0.1, -0.05) is 0 Å². The molecule has 0 spiro atoms. The predicted octanol–water partition coefficient (Wildman–Crippen LogP) is 1.04. The highest BCUT2D eigenvalue weighted by Gasteiger charge is 2.12. The van der Waals surface area contributed by atoms with Crippen LogP contribution in [0.4, 0.5) is 11.4 Å². The zero-order valence-corrected chi connectivity index (χ0v) is 12.6. The summed E-state index contributed by atoms with van der Waals surface area (Å²) in [7, 11) is 0.526. The van der Waals surface area contributed by atoms with Gasteiger partial charge < -0.3 is 10.6 Å². The third-order valence-electron chi connectivity index (χ3n) is 3.02. The third kappa shape index (κ3) is 3.11. The van der Waals surface area contributed by atoms with Crippen molar-refractivity contribution in [3.8, 4) is 0 Å². The van der Waals surface area contributed by atoms with Crippen molar-refractivity contribution < 1.29 is 8.42 Å². The van der Waals surface area contributed by atoms with Crippen LogP contribution in [0.25, 0.3) is 0 Å². The van der Waals surface area contributed by atoms with Crippen molar-refractivity contribution >= 4 is 21.2 Å². The van der Waals surface area contributed by atoms with Gasteiger partial charge in [-0.25, -0.2) is 8.42 Å². The fourth-order valence-corrected chi connectivity index (χ4v) is 2.68. The maximum Gasteiger partial charge on any atom is 0.175 e. The van der Waals surface area contributed by atoms with E-state index in [-0.39, 0.29) is 4.90 Å². The smallest absolute Gasteiger partial charge is 0.175 e. The molecule has 1 aromatic carbocycles. The Morgan fingerprint density at radius 2 is 2.10 bits per heavy atom. The molecule has 2 rings (SSSR count). The van der Waals surface area contributed by atoms with E-state index in [1.54, 1.807) is 23.0 Å². The lowest BCUT2D eigenvalue weighted by molar-refractivity contribution is 0.602. The van der Waals surface area contributed by atoms with Gasteiger partial charge in [0.05, 0.1) is 22.5 Å². The van der Waals surface area contributed by atoms with Crippen LogP contribution in [-0.4, -0.2) is 31.5 Å². The molecule has 0 aliphatic carbocycles. The molecule has 2 aromatic rings. The summed E-state index contributed by atoms with van der Waals surface area (Å²) in [4.78, 5) is 2.19. The molecule has 20 heavy (non-hydrogen) atoms. The quantitative estimate of drug-likeness (QED) is 0.852. The Morgan fingerprint density at radius 1 is 1.40 bits per heavy atom. The molecule has 6 nitrogen and oxygen atoms in total.